The SMILES string of the molecule is C=CCOCCOc1ccc(C(C)(C)C)cc1. The van der Waals surface area contributed by atoms with E-state index in [4.69, 9.17) is 9.47 Å². The molecule has 17 heavy (non-hydrogen) atoms. The zero-order valence-electron chi connectivity index (χ0n) is 11.0. The Kier molecular flexibility index (Phi) is 5.23. The van der Waals surface area contributed by atoms with E-state index in [1.807, 2.05) is 12.1 Å². The van der Waals surface area contributed by atoms with Gasteiger partial charge in [0.2, 0.25) is 0 Å². The zero-order valence-corrected chi connectivity index (χ0v) is 11.0. The highest BCUT2D eigenvalue weighted by molar-refractivity contribution is 5.31. The van der Waals surface area contributed by atoms with Crippen molar-refractivity contribution in [2.45, 2.75) is 26.2 Å². The van der Waals surface area contributed by atoms with Gasteiger partial charge in [0.1, 0.15) is 12.4 Å². The molecule has 1 aromatic rings. The highest BCUT2D eigenvalue weighted by atomic mass is 16.5. The highest BCUT2D eigenvalue weighted by Crippen LogP contribution is 2.24. The number of rotatable bonds is 6. The number of ether oxygens (including phenoxy) is 2. The molecule has 1 rings (SSSR count). The van der Waals surface area contributed by atoms with Gasteiger partial charge in [0.25, 0.3) is 0 Å². The number of benzene rings is 1. The Bertz CT molecular complexity index is 333. The van der Waals surface area contributed by atoms with E-state index in [0.29, 0.717) is 19.8 Å². The summed E-state index contributed by atoms with van der Waals surface area (Å²) < 4.78 is 10.8. The van der Waals surface area contributed by atoms with Gasteiger partial charge in [0.05, 0.1) is 13.2 Å². The summed E-state index contributed by atoms with van der Waals surface area (Å²) in [5.74, 6) is 0.889. The van der Waals surface area contributed by atoms with Crippen molar-refractivity contribution in [3.8, 4) is 5.75 Å². The van der Waals surface area contributed by atoms with Gasteiger partial charge < -0.3 is 9.47 Å². The molecule has 0 saturated carbocycles. The topological polar surface area (TPSA) is 18.5 Å². The summed E-state index contributed by atoms with van der Waals surface area (Å²) in [6, 6.07) is 8.24. The maximum Gasteiger partial charge on any atom is 0.119 e. The molecule has 0 fully saturated rings. The van der Waals surface area contributed by atoms with Gasteiger partial charge >= 0.3 is 0 Å². The quantitative estimate of drug-likeness (QED) is 0.553. The Morgan fingerprint density at radius 3 is 2.29 bits per heavy atom. The molecule has 94 valence electrons. The fourth-order valence-corrected chi connectivity index (χ4v) is 1.44. The lowest BCUT2D eigenvalue weighted by Crippen LogP contribution is -2.11. The third kappa shape index (κ3) is 5.05. The van der Waals surface area contributed by atoms with Crippen molar-refractivity contribution in [3.05, 3.63) is 42.5 Å². The molecule has 0 amide bonds. The second-order valence-electron chi connectivity index (χ2n) is 4.99. The van der Waals surface area contributed by atoms with Gasteiger partial charge in [0, 0.05) is 0 Å². The first kappa shape index (κ1) is 13.8. The Hall–Kier alpha value is -1.28. The smallest absolute Gasteiger partial charge is 0.119 e. The van der Waals surface area contributed by atoms with Crippen LogP contribution in [-0.4, -0.2) is 19.8 Å². The monoisotopic (exact) mass is 234 g/mol. The van der Waals surface area contributed by atoms with Crippen molar-refractivity contribution in [2.75, 3.05) is 19.8 Å². The Balaban J connectivity index is 2.38. The molecule has 0 unspecified atom stereocenters. The zero-order chi connectivity index (χ0) is 12.7. The van der Waals surface area contributed by atoms with Crippen LogP contribution in [0.25, 0.3) is 0 Å². The molecule has 0 spiro atoms. The van der Waals surface area contributed by atoms with Crippen LogP contribution in [0.1, 0.15) is 26.3 Å². The fourth-order valence-electron chi connectivity index (χ4n) is 1.44. The lowest BCUT2D eigenvalue weighted by molar-refractivity contribution is 0.121. The van der Waals surface area contributed by atoms with Crippen molar-refractivity contribution in [3.63, 3.8) is 0 Å². The third-order valence-electron chi connectivity index (χ3n) is 2.45. The molecule has 1 aromatic carbocycles. The second-order valence-corrected chi connectivity index (χ2v) is 4.99. The first-order chi connectivity index (χ1) is 8.04. The lowest BCUT2D eigenvalue weighted by Gasteiger charge is -2.19. The minimum atomic E-state index is 0.186. The Morgan fingerprint density at radius 2 is 1.76 bits per heavy atom. The average Bonchev–Trinajstić information content (AvgIpc) is 2.28. The van der Waals surface area contributed by atoms with E-state index >= 15 is 0 Å². The molecule has 0 aromatic heterocycles. The van der Waals surface area contributed by atoms with Crippen LogP contribution in [-0.2, 0) is 10.2 Å². The van der Waals surface area contributed by atoms with E-state index in [1.54, 1.807) is 6.08 Å². The maximum atomic E-state index is 5.56. The van der Waals surface area contributed by atoms with Crippen LogP contribution in [0.3, 0.4) is 0 Å². The van der Waals surface area contributed by atoms with Crippen molar-refractivity contribution in [2.24, 2.45) is 0 Å². The van der Waals surface area contributed by atoms with Crippen LogP contribution in [0.2, 0.25) is 0 Å². The molecule has 0 N–H and O–H groups in total. The summed E-state index contributed by atoms with van der Waals surface area (Å²) in [7, 11) is 0. The minimum Gasteiger partial charge on any atom is -0.491 e. The van der Waals surface area contributed by atoms with Crippen molar-refractivity contribution in [1.82, 2.24) is 0 Å². The van der Waals surface area contributed by atoms with Gasteiger partial charge in [-0.25, -0.2) is 0 Å². The Labute approximate surface area is 104 Å². The van der Waals surface area contributed by atoms with E-state index in [9.17, 15) is 0 Å². The molecule has 0 aliphatic rings. The first-order valence-electron chi connectivity index (χ1n) is 5.96. The van der Waals surface area contributed by atoms with Gasteiger partial charge in [0.15, 0.2) is 0 Å². The molecule has 0 bridgehead atoms. The summed E-state index contributed by atoms with van der Waals surface area (Å²) >= 11 is 0. The summed E-state index contributed by atoms with van der Waals surface area (Å²) in [4.78, 5) is 0. The van der Waals surface area contributed by atoms with Gasteiger partial charge in [-0.3, -0.25) is 0 Å². The second kappa shape index (κ2) is 6.45. The van der Waals surface area contributed by atoms with Crippen molar-refractivity contribution < 1.29 is 9.47 Å². The van der Waals surface area contributed by atoms with Crippen LogP contribution in [0.15, 0.2) is 36.9 Å². The van der Waals surface area contributed by atoms with Crippen LogP contribution in [0.5, 0.6) is 5.75 Å². The normalized spacial score (nSPS) is 11.2. The molecule has 0 heterocycles. The third-order valence-corrected chi connectivity index (χ3v) is 2.45. The molecule has 0 radical (unpaired) electrons. The number of hydrogen-bond donors (Lipinski definition) is 0. The summed E-state index contributed by atoms with van der Waals surface area (Å²) in [6.45, 7) is 11.9. The lowest BCUT2D eigenvalue weighted by atomic mass is 9.87. The largest absolute Gasteiger partial charge is 0.491 e. The number of hydrogen-bond acceptors (Lipinski definition) is 2. The van der Waals surface area contributed by atoms with Crippen LogP contribution in [0, 0.1) is 0 Å². The fraction of sp³-hybridized carbons (Fsp3) is 0.467. The van der Waals surface area contributed by atoms with Crippen molar-refractivity contribution in [1.29, 1.82) is 0 Å². The van der Waals surface area contributed by atoms with E-state index < -0.39 is 0 Å². The van der Waals surface area contributed by atoms with Gasteiger partial charge in [-0.15, -0.1) is 6.58 Å². The van der Waals surface area contributed by atoms with Gasteiger partial charge in [-0.2, -0.15) is 0 Å². The van der Waals surface area contributed by atoms with Crippen LogP contribution < -0.4 is 4.74 Å². The average molecular weight is 234 g/mol. The van der Waals surface area contributed by atoms with E-state index in [0.717, 1.165) is 5.75 Å². The summed E-state index contributed by atoms with van der Waals surface area (Å²) in [6.07, 6.45) is 1.73. The van der Waals surface area contributed by atoms with E-state index in [-0.39, 0.29) is 5.41 Å². The molecule has 0 aliphatic carbocycles. The van der Waals surface area contributed by atoms with Crippen LogP contribution in [0.4, 0.5) is 0 Å². The predicted octanol–water partition coefficient (Wildman–Crippen LogP) is 3.57. The van der Waals surface area contributed by atoms with Gasteiger partial charge in [-0.1, -0.05) is 39.0 Å². The van der Waals surface area contributed by atoms with Gasteiger partial charge in [-0.05, 0) is 23.1 Å². The minimum absolute atomic E-state index is 0.186. The summed E-state index contributed by atoms with van der Waals surface area (Å²) in [5.41, 5.74) is 1.50. The first-order valence-corrected chi connectivity index (χ1v) is 5.96. The predicted molar refractivity (Wildman–Crippen MR) is 71.7 cm³/mol. The standard InChI is InChI=1S/C15H22O2/c1-5-10-16-11-12-17-14-8-6-13(7-9-14)15(2,3)4/h5-9H,1,10-12H2,2-4H3. The van der Waals surface area contributed by atoms with E-state index in [2.05, 4.69) is 39.5 Å². The van der Waals surface area contributed by atoms with Crippen LogP contribution >= 0.6 is 0 Å². The molecular weight excluding hydrogens is 212 g/mol. The molecular formula is C15H22O2. The molecule has 2 heteroatoms. The molecule has 0 atom stereocenters. The highest BCUT2D eigenvalue weighted by Gasteiger charge is 2.12. The Morgan fingerprint density at radius 1 is 1.12 bits per heavy atom. The molecule has 0 aliphatic heterocycles. The van der Waals surface area contributed by atoms with Crippen molar-refractivity contribution >= 4 is 0 Å². The summed E-state index contributed by atoms with van der Waals surface area (Å²) in [5, 5.41) is 0. The van der Waals surface area contributed by atoms with E-state index in [1.165, 1.54) is 5.56 Å². The molecule has 2 nitrogen and oxygen atoms in total. The maximum absolute atomic E-state index is 5.56. The molecule has 0 saturated heterocycles.